The number of carbonyl (C=O) groups is 1. The molecule has 0 spiro atoms. The van der Waals surface area contributed by atoms with Crippen molar-refractivity contribution in [2.75, 3.05) is 26.7 Å². The fourth-order valence-electron chi connectivity index (χ4n) is 3.97. The quantitative estimate of drug-likeness (QED) is 0.760. The highest BCUT2D eigenvalue weighted by Crippen LogP contribution is 2.31. The van der Waals surface area contributed by atoms with Gasteiger partial charge in [-0.25, -0.2) is 0 Å². The first-order valence-electron chi connectivity index (χ1n) is 9.24. The molecule has 1 amide bonds. The van der Waals surface area contributed by atoms with Crippen LogP contribution in [0.4, 0.5) is 0 Å². The Morgan fingerprint density at radius 2 is 1.82 bits per heavy atom. The number of methoxy groups -OCH3 is 1. The molecule has 1 saturated carbocycles. The zero-order valence-corrected chi connectivity index (χ0v) is 14.5. The van der Waals surface area contributed by atoms with E-state index in [0.29, 0.717) is 5.92 Å². The van der Waals surface area contributed by atoms with E-state index in [9.17, 15) is 4.79 Å². The van der Waals surface area contributed by atoms with E-state index in [1.165, 1.54) is 44.9 Å². The Kier molecular flexibility index (Phi) is 7.16. The van der Waals surface area contributed by atoms with Crippen LogP contribution in [0.2, 0.25) is 0 Å². The number of hydrogen-bond acceptors (Lipinski definition) is 3. The average Bonchev–Trinajstić information content (AvgIpc) is 2.59. The van der Waals surface area contributed by atoms with Crippen molar-refractivity contribution < 1.29 is 9.53 Å². The van der Waals surface area contributed by atoms with Gasteiger partial charge in [0.05, 0.1) is 0 Å². The van der Waals surface area contributed by atoms with Gasteiger partial charge in [0.1, 0.15) is 5.60 Å². The maximum absolute atomic E-state index is 12.5. The Balaban J connectivity index is 1.70. The lowest BCUT2D eigenvalue weighted by molar-refractivity contribution is -0.146. The number of amides is 1. The molecule has 0 atom stereocenters. The van der Waals surface area contributed by atoms with Crippen LogP contribution >= 0.6 is 0 Å². The van der Waals surface area contributed by atoms with Crippen molar-refractivity contribution in [3.05, 3.63) is 0 Å². The molecule has 4 heteroatoms. The van der Waals surface area contributed by atoms with Gasteiger partial charge in [-0.1, -0.05) is 39.0 Å². The average molecular weight is 310 g/mol. The molecule has 1 saturated heterocycles. The topological polar surface area (TPSA) is 50.4 Å². The fraction of sp³-hybridized carbons (Fsp3) is 0.944. The molecule has 2 rings (SSSR count). The summed E-state index contributed by atoms with van der Waals surface area (Å²) in [6.45, 7) is 4.83. The largest absolute Gasteiger partial charge is 0.368 e. The van der Waals surface area contributed by atoms with Crippen molar-refractivity contribution >= 4 is 5.91 Å². The second-order valence-corrected chi connectivity index (χ2v) is 7.19. The number of piperidine rings is 1. The summed E-state index contributed by atoms with van der Waals surface area (Å²) in [5.74, 6) is 1.70. The van der Waals surface area contributed by atoms with Crippen molar-refractivity contribution in [1.29, 1.82) is 0 Å². The summed E-state index contributed by atoms with van der Waals surface area (Å²) in [7, 11) is 1.67. The van der Waals surface area contributed by atoms with Gasteiger partial charge in [0.15, 0.2) is 0 Å². The van der Waals surface area contributed by atoms with Gasteiger partial charge >= 0.3 is 0 Å². The Morgan fingerprint density at radius 1 is 1.18 bits per heavy atom. The van der Waals surface area contributed by atoms with Crippen molar-refractivity contribution in [2.45, 2.75) is 70.3 Å². The van der Waals surface area contributed by atoms with Crippen LogP contribution in [0.5, 0.6) is 0 Å². The number of unbranched alkanes of at least 4 members (excludes halogenated alkanes) is 1. The lowest BCUT2D eigenvalue weighted by Crippen LogP contribution is -2.54. The molecule has 128 valence electrons. The third kappa shape index (κ3) is 4.69. The number of carbonyl (C=O) groups excluding carboxylic acids is 1. The minimum absolute atomic E-state index is 0.101. The number of rotatable bonds is 7. The highest BCUT2D eigenvalue weighted by Gasteiger charge is 2.39. The summed E-state index contributed by atoms with van der Waals surface area (Å²) < 4.78 is 5.59. The third-order valence-corrected chi connectivity index (χ3v) is 5.70. The Hall–Kier alpha value is -0.610. The van der Waals surface area contributed by atoms with E-state index in [1.54, 1.807) is 7.11 Å². The predicted octanol–water partition coefficient (Wildman–Crippen LogP) is 2.87. The molecule has 4 nitrogen and oxygen atoms in total. The minimum Gasteiger partial charge on any atom is -0.368 e. The van der Waals surface area contributed by atoms with Crippen LogP contribution in [0.15, 0.2) is 0 Å². The summed E-state index contributed by atoms with van der Waals surface area (Å²) in [5, 5.41) is 6.48. The smallest absolute Gasteiger partial charge is 0.252 e. The van der Waals surface area contributed by atoms with E-state index >= 15 is 0 Å². The van der Waals surface area contributed by atoms with Crippen LogP contribution in [-0.2, 0) is 9.53 Å². The van der Waals surface area contributed by atoms with Crippen LogP contribution in [0.25, 0.3) is 0 Å². The molecule has 2 aliphatic rings. The second-order valence-electron chi connectivity index (χ2n) is 7.19. The van der Waals surface area contributed by atoms with Gasteiger partial charge < -0.3 is 15.4 Å². The normalized spacial score (nSPS) is 28.3. The first-order chi connectivity index (χ1) is 10.7. The monoisotopic (exact) mass is 310 g/mol. The van der Waals surface area contributed by atoms with E-state index in [1.807, 2.05) is 0 Å². The molecule has 0 aromatic carbocycles. The summed E-state index contributed by atoms with van der Waals surface area (Å²) >= 11 is 0. The Labute approximate surface area is 135 Å². The molecule has 1 aliphatic heterocycles. The maximum atomic E-state index is 12.5. The molecule has 0 aromatic rings. The van der Waals surface area contributed by atoms with Gasteiger partial charge in [0.25, 0.3) is 5.91 Å². The second kappa shape index (κ2) is 8.88. The van der Waals surface area contributed by atoms with Gasteiger partial charge in [-0.2, -0.15) is 0 Å². The SMILES string of the molecule is CCCCC1CCC(CNC(=O)C2(OC)CCNCC2)CC1. The third-order valence-electron chi connectivity index (χ3n) is 5.70. The van der Waals surface area contributed by atoms with E-state index in [4.69, 9.17) is 4.74 Å². The lowest BCUT2D eigenvalue weighted by atomic mass is 9.79. The highest BCUT2D eigenvalue weighted by atomic mass is 16.5. The van der Waals surface area contributed by atoms with Crippen LogP contribution in [0.1, 0.15) is 64.7 Å². The lowest BCUT2D eigenvalue weighted by Gasteiger charge is -2.36. The molecule has 0 bridgehead atoms. The first-order valence-corrected chi connectivity index (χ1v) is 9.24. The Morgan fingerprint density at radius 3 is 2.41 bits per heavy atom. The standard InChI is InChI=1S/C18H34N2O2/c1-3-4-5-15-6-8-16(9-7-15)14-20-17(21)18(22-2)10-12-19-13-11-18/h15-16,19H,3-14H2,1-2H3,(H,20,21). The van der Waals surface area contributed by atoms with E-state index in [-0.39, 0.29) is 5.91 Å². The summed E-state index contributed by atoms with van der Waals surface area (Å²) in [6.07, 6.45) is 10.9. The number of nitrogens with one attached hydrogen (secondary N) is 2. The highest BCUT2D eigenvalue weighted by molar-refractivity contribution is 5.85. The van der Waals surface area contributed by atoms with Crippen LogP contribution in [0, 0.1) is 11.8 Å². The van der Waals surface area contributed by atoms with Gasteiger partial charge in [0, 0.05) is 13.7 Å². The van der Waals surface area contributed by atoms with Gasteiger partial charge in [-0.05, 0) is 50.6 Å². The molecule has 0 radical (unpaired) electrons. The predicted molar refractivity (Wildman–Crippen MR) is 89.8 cm³/mol. The molecule has 0 aromatic heterocycles. The maximum Gasteiger partial charge on any atom is 0.252 e. The minimum atomic E-state index is -0.594. The van der Waals surface area contributed by atoms with Crippen molar-refractivity contribution in [3.8, 4) is 0 Å². The molecule has 1 heterocycles. The van der Waals surface area contributed by atoms with Crippen molar-refractivity contribution in [3.63, 3.8) is 0 Å². The van der Waals surface area contributed by atoms with Gasteiger partial charge in [-0.3, -0.25) is 4.79 Å². The number of hydrogen-bond donors (Lipinski definition) is 2. The summed E-state index contributed by atoms with van der Waals surface area (Å²) in [4.78, 5) is 12.5. The van der Waals surface area contributed by atoms with E-state index in [0.717, 1.165) is 38.4 Å². The summed E-state index contributed by atoms with van der Waals surface area (Å²) in [5.41, 5.74) is -0.594. The van der Waals surface area contributed by atoms with Crippen molar-refractivity contribution in [2.24, 2.45) is 11.8 Å². The van der Waals surface area contributed by atoms with Crippen LogP contribution in [0.3, 0.4) is 0 Å². The van der Waals surface area contributed by atoms with Crippen molar-refractivity contribution in [1.82, 2.24) is 10.6 Å². The molecule has 2 fully saturated rings. The van der Waals surface area contributed by atoms with Gasteiger partial charge in [-0.15, -0.1) is 0 Å². The van der Waals surface area contributed by atoms with E-state index < -0.39 is 5.60 Å². The zero-order valence-electron chi connectivity index (χ0n) is 14.5. The fourth-order valence-corrected chi connectivity index (χ4v) is 3.97. The molecule has 2 N–H and O–H groups in total. The Bertz CT molecular complexity index is 332. The van der Waals surface area contributed by atoms with E-state index in [2.05, 4.69) is 17.6 Å². The molecule has 1 aliphatic carbocycles. The number of ether oxygens (including phenoxy) is 1. The molecule has 22 heavy (non-hydrogen) atoms. The van der Waals surface area contributed by atoms with Crippen LogP contribution < -0.4 is 10.6 Å². The van der Waals surface area contributed by atoms with Crippen LogP contribution in [-0.4, -0.2) is 38.3 Å². The summed E-state index contributed by atoms with van der Waals surface area (Å²) in [6, 6.07) is 0. The molecular formula is C18H34N2O2. The zero-order chi connectivity index (χ0) is 15.8. The molecule has 0 unspecified atom stereocenters. The first kappa shape index (κ1) is 17.7. The van der Waals surface area contributed by atoms with Gasteiger partial charge in [0.2, 0.25) is 0 Å². The molecular weight excluding hydrogens is 276 g/mol.